The lowest BCUT2D eigenvalue weighted by molar-refractivity contribution is -0.321. The Kier molecular flexibility index (Phi) is 6.44. The molecule has 2 N–H and O–H groups in total. The van der Waals surface area contributed by atoms with Crippen molar-refractivity contribution in [2.45, 2.75) is 69.1 Å². The van der Waals surface area contributed by atoms with Gasteiger partial charge in [0.15, 0.2) is 5.78 Å². The standard InChI is InChI=1S/C20H26F3N3O6/c21-20(22,23)32-9-15(27)12(6-10-3-4-24-17(10)28)25-18(29)14-8-11-7-13(11)26(14)19(30)16-2-1-5-31-16/h10-14,16H,1-9H2,(H,24,28)(H,25,29)/t10-,11+,12?,13+,14-,16-/m0/s1. The Labute approximate surface area is 182 Å². The number of hydrogen-bond donors (Lipinski definition) is 2. The van der Waals surface area contributed by atoms with Crippen LogP contribution in [0.1, 0.15) is 38.5 Å². The first-order valence-corrected chi connectivity index (χ1v) is 10.9. The number of carbonyl (C=O) groups is 4. The van der Waals surface area contributed by atoms with Crippen LogP contribution in [-0.4, -0.2) is 78.8 Å². The molecular weight excluding hydrogens is 435 g/mol. The Bertz CT molecular complexity index is 785. The van der Waals surface area contributed by atoms with Crippen LogP contribution in [0.15, 0.2) is 0 Å². The summed E-state index contributed by atoms with van der Waals surface area (Å²) in [5, 5.41) is 5.11. The number of hydrogen-bond acceptors (Lipinski definition) is 6. The molecule has 12 heteroatoms. The number of halogens is 3. The smallest absolute Gasteiger partial charge is 0.368 e. The second-order valence-electron chi connectivity index (χ2n) is 8.84. The van der Waals surface area contributed by atoms with Crippen LogP contribution in [0.25, 0.3) is 0 Å². The van der Waals surface area contributed by atoms with E-state index >= 15 is 0 Å². The summed E-state index contributed by atoms with van der Waals surface area (Å²) in [4.78, 5) is 51.9. The molecule has 6 atom stereocenters. The number of nitrogens with zero attached hydrogens (tertiary/aromatic N) is 1. The molecule has 0 aromatic carbocycles. The van der Waals surface area contributed by atoms with Crippen LogP contribution in [0.4, 0.5) is 13.2 Å². The number of ketones is 1. The minimum atomic E-state index is -4.99. The maximum atomic E-state index is 13.1. The van der Waals surface area contributed by atoms with E-state index in [0.29, 0.717) is 32.4 Å². The van der Waals surface area contributed by atoms with Gasteiger partial charge < -0.3 is 20.3 Å². The number of nitrogens with one attached hydrogen (secondary N) is 2. The highest BCUT2D eigenvalue weighted by Gasteiger charge is 2.57. The number of alkyl halides is 3. The summed E-state index contributed by atoms with van der Waals surface area (Å²) >= 11 is 0. The molecule has 9 nitrogen and oxygen atoms in total. The van der Waals surface area contributed by atoms with Crippen molar-refractivity contribution < 1.29 is 41.8 Å². The second kappa shape index (κ2) is 8.97. The number of rotatable bonds is 8. The van der Waals surface area contributed by atoms with Gasteiger partial charge in [0.05, 0.1) is 6.04 Å². The Morgan fingerprint density at radius 2 is 2.03 bits per heavy atom. The number of likely N-dealkylation sites (tertiary alicyclic amines) is 1. The largest absolute Gasteiger partial charge is 0.522 e. The lowest BCUT2D eigenvalue weighted by Gasteiger charge is -2.30. The molecule has 0 bridgehead atoms. The third kappa shape index (κ3) is 5.06. The highest BCUT2D eigenvalue weighted by atomic mass is 19.4. The van der Waals surface area contributed by atoms with Crippen molar-refractivity contribution in [1.82, 2.24) is 15.5 Å². The van der Waals surface area contributed by atoms with Crippen molar-refractivity contribution in [3.05, 3.63) is 0 Å². The fourth-order valence-electron chi connectivity index (χ4n) is 4.89. The number of fused-ring (bicyclic) bond motifs is 1. The third-order valence-corrected chi connectivity index (χ3v) is 6.63. The zero-order chi connectivity index (χ0) is 23.0. The molecule has 1 aliphatic carbocycles. The van der Waals surface area contributed by atoms with E-state index in [-0.39, 0.29) is 30.2 Å². The fourth-order valence-corrected chi connectivity index (χ4v) is 4.89. The molecule has 3 saturated heterocycles. The van der Waals surface area contributed by atoms with Gasteiger partial charge >= 0.3 is 6.36 Å². The molecule has 0 aromatic heterocycles. The van der Waals surface area contributed by atoms with E-state index < -0.39 is 48.8 Å². The van der Waals surface area contributed by atoms with Crippen LogP contribution in [0.3, 0.4) is 0 Å². The monoisotopic (exact) mass is 461 g/mol. The van der Waals surface area contributed by atoms with E-state index in [1.54, 1.807) is 0 Å². The van der Waals surface area contributed by atoms with Crippen LogP contribution in [-0.2, 0) is 28.7 Å². The van der Waals surface area contributed by atoms with Gasteiger partial charge in [-0.3, -0.25) is 23.9 Å². The number of piperidine rings is 1. The van der Waals surface area contributed by atoms with Crippen molar-refractivity contribution in [2.75, 3.05) is 19.8 Å². The Morgan fingerprint density at radius 1 is 1.25 bits per heavy atom. The highest BCUT2D eigenvalue weighted by molar-refractivity contribution is 5.95. The van der Waals surface area contributed by atoms with Gasteiger partial charge in [-0.2, -0.15) is 0 Å². The van der Waals surface area contributed by atoms with E-state index in [1.807, 2.05) is 0 Å². The predicted octanol–water partition coefficient (Wildman–Crippen LogP) is 0.271. The van der Waals surface area contributed by atoms with E-state index in [1.165, 1.54) is 4.90 Å². The van der Waals surface area contributed by atoms with Crippen molar-refractivity contribution in [3.63, 3.8) is 0 Å². The van der Waals surface area contributed by atoms with Crippen LogP contribution < -0.4 is 10.6 Å². The second-order valence-corrected chi connectivity index (χ2v) is 8.84. The zero-order valence-corrected chi connectivity index (χ0v) is 17.4. The van der Waals surface area contributed by atoms with E-state index in [9.17, 15) is 32.3 Å². The molecule has 0 radical (unpaired) electrons. The molecule has 1 saturated carbocycles. The van der Waals surface area contributed by atoms with Crippen molar-refractivity contribution in [2.24, 2.45) is 11.8 Å². The van der Waals surface area contributed by atoms with Crippen LogP contribution in [0.5, 0.6) is 0 Å². The molecule has 0 aromatic rings. The summed E-state index contributed by atoms with van der Waals surface area (Å²) in [7, 11) is 0. The van der Waals surface area contributed by atoms with Gasteiger partial charge in [0.25, 0.3) is 5.91 Å². The van der Waals surface area contributed by atoms with Gasteiger partial charge in [0.1, 0.15) is 18.8 Å². The SMILES string of the molecule is O=C(COC(F)(F)F)C(C[C@@H]1CCNC1=O)NC(=O)[C@@H]1C[C@H]2C[C@H]2N1C(=O)[C@@H]1CCCO1. The zero-order valence-electron chi connectivity index (χ0n) is 17.4. The molecular formula is C20H26F3N3O6. The van der Waals surface area contributed by atoms with E-state index in [0.717, 1.165) is 12.8 Å². The molecule has 4 aliphatic rings. The normalized spacial score (nSPS) is 32.4. The summed E-state index contributed by atoms with van der Waals surface area (Å²) < 4.78 is 46.3. The summed E-state index contributed by atoms with van der Waals surface area (Å²) in [6.45, 7) is -0.390. The van der Waals surface area contributed by atoms with Crippen LogP contribution >= 0.6 is 0 Å². The lowest BCUT2D eigenvalue weighted by atomic mass is 9.95. The summed E-state index contributed by atoms with van der Waals surface area (Å²) in [6.07, 6.45) is -2.74. The minimum absolute atomic E-state index is 0.0502. The van der Waals surface area contributed by atoms with Gasteiger partial charge in [-0.25, -0.2) is 0 Å². The van der Waals surface area contributed by atoms with Gasteiger partial charge in [-0.1, -0.05) is 0 Å². The fraction of sp³-hybridized carbons (Fsp3) is 0.800. The highest BCUT2D eigenvalue weighted by Crippen LogP contribution is 2.48. The number of amides is 3. The average molecular weight is 461 g/mol. The minimum Gasteiger partial charge on any atom is -0.368 e. The first-order valence-electron chi connectivity index (χ1n) is 10.9. The van der Waals surface area contributed by atoms with E-state index in [4.69, 9.17) is 4.74 Å². The number of Topliss-reactive ketones (excluding diaryl/α,β-unsaturated/α-hetero) is 1. The molecule has 3 aliphatic heterocycles. The Morgan fingerprint density at radius 3 is 2.66 bits per heavy atom. The number of ether oxygens (including phenoxy) is 2. The molecule has 178 valence electrons. The predicted molar refractivity (Wildman–Crippen MR) is 101 cm³/mol. The average Bonchev–Trinajstić information content (AvgIpc) is 3.11. The van der Waals surface area contributed by atoms with Crippen molar-refractivity contribution >= 4 is 23.5 Å². The van der Waals surface area contributed by atoms with Gasteiger partial charge in [-0.05, 0) is 44.4 Å². The van der Waals surface area contributed by atoms with Gasteiger partial charge in [0.2, 0.25) is 11.8 Å². The topological polar surface area (TPSA) is 114 Å². The molecule has 1 unspecified atom stereocenters. The number of carbonyl (C=O) groups excluding carboxylic acids is 4. The van der Waals surface area contributed by atoms with Gasteiger partial charge in [0, 0.05) is 25.1 Å². The maximum Gasteiger partial charge on any atom is 0.522 e. The molecule has 4 rings (SSSR count). The molecule has 4 fully saturated rings. The van der Waals surface area contributed by atoms with Crippen molar-refractivity contribution in [1.29, 1.82) is 0 Å². The van der Waals surface area contributed by atoms with Crippen molar-refractivity contribution in [3.8, 4) is 0 Å². The lowest BCUT2D eigenvalue weighted by Crippen LogP contribution is -2.54. The molecule has 32 heavy (non-hydrogen) atoms. The summed E-state index contributed by atoms with van der Waals surface area (Å²) in [5.74, 6) is -2.56. The Balaban J connectivity index is 1.44. The first-order chi connectivity index (χ1) is 15.1. The maximum absolute atomic E-state index is 13.1. The summed E-state index contributed by atoms with van der Waals surface area (Å²) in [5.41, 5.74) is 0. The quantitative estimate of drug-likeness (QED) is 0.537. The molecule has 3 heterocycles. The van der Waals surface area contributed by atoms with E-state index in [2.05, 4.69) is 15.4 Å². The third-order valence-electron chi connectivity index (χ3n) is 6.63. The van der Waals surface area contributed by atoms with Gasteiger partial charge in [-0.15, -0.1) is 13.2 Å². The Hall–Kier alpha value is -2.21. The first kappa shape index (κ1) is 23.0. The molecule has 0 spiro atoms. The molecule has 3 amide bonds. The van der Waals surface area contributed by atoms with Crippen LogP contribution in [0, 0.1) is 11.8 Å². The summed E-state index contributed by atoms with van der Waals surface area (Å²) in [6, 6.07) is -2.19. The van der Waals surface area contributed by atoms with Crippen LogP contribution in [0.2, 0.25) is 0 Å².